The molecule has 1 unspecified atom stereocenters. The summed E-state index contributed by atoms with van der Waals surface area (Å²) in [4.78, 5) is 14.1. The smallest absolute Gasteiger partial charge is 0.228 e. The highest BCUT2D eigenvalue weighted by molar-refractivity contribution is 5.27. The van der Waals surface area contributed by atoms with E-state index in [1.165, 1.54) is 12.7 Å². The van der Waals surface area contributed by atoms with Gasteiger partial charge in [0.15, 0.2) is 0 Å². The molecule has 0 radical (unpaired) electrons. The van der Waals surface area contributed by atoms with Crippen molar-refractivity contribution in [1.29, 1.82) is 0 Å². The Morgan fingerprint density at radius 3 is 2.92 bits per heavy atom. The van der Waals surface area contributed by atoms with Crippen LogP contribution in [0.25, 0.3) is 0 Å². The van der Waals surface area contributed by atoms with Crippen LogP contribution < -0.4 is 4.90 Å². The van der Waals surface area contributed by atoms with Gasteiger partial charge in [0, 0.05) is 13.1 Å². The maximum atomic E-state index is 5.42. The molecule has 0 bridgehead atoms. The molecular formula is C8H12N4O. The Kier molecular flexibility index (Phi) is 2.35. The second kappa shape index (κ2) is 3.66. The Labute approximate surface area is 76.8 Å². The number of hydrogen-bond acceptors (Lipinski definition) is 5. The molecule has 5 nitrogen and oxygen atoms in total. The van der Waals surface area contributed by atoms with Gasteiger partial charge in [0.1, 0.15) is 12.7 Å². The van der Waals surface area contributed by atoms with Crippen molar-refractivity contribution in [2.24, 2.45) is 0 Å². The second-order valence-corrected chi connectivity index (χ2v) is 3.07. The van der Waals surface area contributed by atoms with Crippen molar-refractivity contribution >= 4 is 5.95 Å². The molecule has 70 valence electrons. The third-order valence-electron chi connectivity index (χ3n) is 2.00. The Morgan fingerprint density at radius 2 is 2.23 bits per heavy atom. The fourth-order valence-electron chi connectivity index (χ4n) is 1.40. The first-order valence-electron chi connectivity index (χ1n) is 4.35. The van der Waals surface area contributed by atoms with Gasteiger partial charge in [0.2, 0.25) is 5.95 Å². The van der Waals surface area contributed by atoms with Gasteiger partial charge in [-0.1, -0.05) is 0 Å². The van der Waals surface area contributed by atoms with Crippen LogP contribution in [0, 0.1) is 0 Å². The van der Waals surface area contributed by atoms with E-state index in [0.29, 0.717) is 0 Å². The molecule has 1 fully saturated rings. The summed E-state index contributed by atoms with van der Waals surface area (Å²) in [5, 5.41) is 0. The molecule has 0 aliphatic carbocycles. The normalized spacial score (nSPS) is 23.2. The number of rotatable bonds is 1. The molecule has 1 aliphatic rings. The number of nitrogens with zero attached hydrogens (tertiary/aromatic N) is 4. The van der Waals surface area contributed by atoms with Crippen LogP contribution in [-0.4, -0.2) is 40.8 Å². The highest BCUT2D eigenvalue weighted by Crippen LogP contribution is 2.10. The molecule has 1 aromatic rings. The summed E-state index contributed by atoms with van der Waals surface area (Å²) in [6.45, 7) is 4.50. The standard InChI is InChI=1S/C8H12N4O/c1-7-4-12(2-3-13-7)8-10-5-9-6-11-8/h5-7H,2-4H2,1H3. The molecule has 1 aliphatic heterocycles. The zero-order valence-electron chi connectivity index (χ0n) is 7.55. The van der Waals surface area contributed by atoms with Crippen LogP contribution in [0.15, 0.2) is 12.7 Å². The van der Waals surface area contributed by atoms with Crippen LogP contribution in [0.3, 0.4) is 0 Å². The second-order valence-electron chi connectivity index (χ2n) is 3.07. The minimum atomic E-state index is 0.255. The van der Waals surface area contributed by atoms with E-state index in [9.17, 15) is 0 Å². The maximum absolute atomic E-state index is 5.42. The van der Waals surface area contributed by atoms with E-state index in [1.54, 1.807) is 0 Å². The number of morpholine rings is 1. The molecule has 2 heterocycles. The number of ether oxygens (including phenoxy) is 1. The van der Waals surface area contributed by atoms with Gasteiger partial charge in [-0.2, -0.15) is 0 Å². The van der Waals surface area contributed by atoms with Crippen LogP contribution in [0.1, 0.15) is 6.92 Å². The van der Waals surface area contributed by atoms with Gasteiger partial charge in [0.05, 0.1) is 12.7 Å². The number of hydrogen-bond donors (Lipinski definition) is 0. The minimum absolute atomic E-state index is 0.255. The minimum Gasteiger partial charge on any atom is -0.375 e. The van der Waals surface area contributed by atoms with Crippen molar-refractivity contribution < 1.29 is 4.74 Å². The fourth-order valence-corrected chi connectivity index (χ4v) is 1.40. The average Bonchev–Trinajstić information content (AvgIpc) is 2.19. The molecule has 1 aromatic heterocycles. The van der Waals surface area contributed by atoms with E-state index in [0.717, 1.165) is 25.6 Å². The predicted molar refractivity (Wildman–Crippen MR) is 47.5 cm³/mol. The van der Waals surface area contributed by atoms with Crippen LogP contribution in [0.2, 0.25) is 0 Å². The molecule has 0 aromatic carbocycles. The lowest BCUT2D eigenvalue weighted by Gasteiger charge is -2.30. The molecule has 0 N–H and O–H groups in total. The van der Waals surface area contributed by atoms with Gasteiger partial charge in [-0.05, 0) is 6.92 Å². The van der Waals surface area contributed by atoms with E-state index in [-0.39, 0.29) is 6.10 Å². The number of aromatic nitrogens is 3. The topological polar surface area (TPSA) is 51.1 Å². The summed E-state index contributed by atoms with van der Waals surface area (Å²) < 4.78 is 5.42. The monoisotopic (exact) mass is 180 g/mol. The highest BCUT2D eigenvalue weighted by Gasteiger charge is 2.18. The van der Waals surface area contributed by atoms with Crippen molar-refractivity contribution in [1.82, 2.24) is 15.0 Å². The molecule has 13 heavy (non-hydrogen) atoms. The van der Waals surface area contributed by atoms with E-state index in [4.69, 9.17) is 4.74 Å². The van der Waals surface area contributed by atoms with Crippen LogP contribution in [0.4, 0.5) is 5.95 Å². The van der Waals surface area contributed by atoms with Crippen molar-refractivity contribution in [3.8, 4) is 0 Å². The lowest BCUT2D eigenvalue weighted by Crippen LogP contribution is -2.41. The first-order valence-corrected chi connectivity index (χ1v) is 4.35. The van der Waals surface area contributed by atoms with Crippen molar-refractivity contribution in [2.75, 3.05) is 24.6 Å². The Balaban J connectivity index is 2.08. The Bertz CT molecular complexity index is 266. The van der Waals surface area contributed by atoms with Crippen molar-refractivity contribution in [2.45, 2.75) is 13.0 Å². The molecule has 0 amide bonds. The van der Waals surface area contributed by atoms with Gasteiger partial charge in [-0.25, -0.2) is 15.0 Å². The highest BCUT2D eigenvalue weighted by atomic mass is 16.5. The van der Waals surface area contributed by atoms with E-state index in [2.05, 4.69) is 19.9 Å². The summed E-state index contributed by atoms with van der Waals surface area (Å²) in [5.74, 6) is 0.741. The molecule has 1 saturated heterocycles. The molecule has 5 heteroatoms. The zero-order chi connectivity index (χ0) is 9.10. The van der Waals surface area contributed by atoms with E-state index >= 15 is 0 Å². The summed E-state index contributed by atoms with van der Waals surface area (Å²) in [6, 6.07) is 0. The van der Waals surface area contributed by atoms with E-state index < -0.39 is 0 Å². The van der Waals surface area contributed by atoms with Crippen molar-refractivity contribution in [3.63, 3.8) is 0 Å². The zero-order valence-corrected chi connectivity index (χ0v) is 7.55. The lowest BCUT2D eigenvalue weighted by molar-refractivity contribution is 0.0526. The van der Waals surface area contributed by atoms with Gasteiger partial charge in [-0.15, -0.1) is 0 Å². The fraction of sp³-hybridized carbons (Fsp3) is 0.625. The number of anilines is 1. The molecule has 0 spiro atoms. The molecule has 1 atom stereocenters. The SMILES string of the molecule is CC1CN(c2ncncn2)CCO1. The maximum Gasteiger partial charge on any atom is 0.228 e. The summed E-state index contributed by atoms with van der Waals surface area (Å²) in [5.41, 5.74) is 0. The van der Waals surface area contributed by atoms with Crippen LogP contribution in [-0.2, 0) is 4.74 Å². The predicted octanol–water partition coefficient (Wildman–Crippen LogP) is 0.0967. The molecule has 2 rings (SSSR count). The van der Waals surface area contributed by atoms with Crippen molar-refractivity contribution in [3.05, 3.63) is 12.7 Å². The van der Waals surface area contributed by atoms with Gasteiger partial charge >= 0.3 is 0 Å². The Hall–Kier alpha value is -1.23. The largest absolute Gasteiger partial charge is 0.375 e. The van der Waals surface area contributed by atoms with Gasteiger partial charge in [-0.3, -0.25) is 0 Å². The lowest BCUT2D eigenvalue weighted by atomic mass is 10.3. The third kappa shape index (κ3) is 1.92. The third-order valence-corrected chi connectivity index (χ3v) is 2.00. The van der Waals surface area contributed by atoms with Gasteiger partial charge in [0.25, 0.3) is 0 Å². The molecule has 0 saturated carbocycles. The first-order chi connectivity index (χ1) is 6.36. The van der Waals surface area contributed by atoms with Gasteiger partial charge < -0.3 is 9.64 Å². The Morgan fingerprint density at radius 1 is 1.46 bits per heavy atom. The summed E-state index contributed by atoms with van der Waals surface area (Å²) in [7, 11) is 0. The molecular weight excluding hydrogens is 168 g/mol. The quantitative estimate of drug-likeness (QED) is 0.613. The first kappa shape index (κ1) is 8.37. The van der Waals surface area contributed by atoms with Crippen LogP contribution in [0.5, 0.6) is 0 Å². The summed E-state index contributed by atoms with van der Waals surface area (Å²) in [6.07, 6.45) is 3.29. The van der Waals surface area contributed by atoms with E-state index in [1.807, 2.05) is 6.92 Å². The average molecular weight is 180 g/mol. The summed E-state index contributed by atoms with van der Waals surface area (Å²) >= 11 is 0. The van der Waals surface area contributed by atoms with Crippen LogP contribution >= 0.6 is 0 Å².